The lowest BCUT2D eigenvalue weighted by molar-refractivity contribution is 0.102. The molecule has 0 aliphatic carbocycles. The second-order valence-electron chi connectivity index (χ2n) is 5.57. The molecule has 0 bridgehead atoms. The molecule has 1 aromatic heterocycles. The summed E-state index contributed by atoms with van der Waals surface area (Å²) in [7, 11) is 0. The third kappa shape index (κ3) is 4.30. The highest BCUT2D eigenvalue weighted by atomic mass is 35.5. The molecule has 1 saturated heterocycles. The fourth-order valence-electron chi connectivity index (χ4n) is 2.69. The van der Waals surface area contributed by atoms with Gasteiger partial charge in [0.05, 0.1) is 12.2 Å². The molecule has 0 spiro atoms. The zero-order chi connectivity index (χ0) is 15.4. The van der Waals surface area contributed by atoms with Crippen LogP contribution in [0.3, 0.4) is 0 Å². The van der Waals surface area contributed by atoms with Crippen molar-refractivity contribution in [1.82, 2.24) is 20.3 Å². The van der Waals surface area contributed by atoms with Crippen molar-refractivity contribution in [2.45, 2.75) is 32.2 Å². The standard InChI is InChI=1S/C16H21N5O.ClH/c1-2-12-4-3-5-13(10-12)18-16(22)15-11-21(20-19-15)14-6-8-17-9-7-14;/h3-5,10-11,14,17H,2,6-9H2,1H3,(H,18,22);1H. The van der Waals surface area contributed by atoms with E-state index < -0.39 is 0 Å². The molecule has 0 saturated carbocycles. The molecule has 0 atom stereocenters. The van der Waals surface area contributed by atoms with E-state index in [1.165, 1.54) is 5.56 Å². The quantitative estimate of drug-likeness (QED) is 0.900. The lowest BCUT2D eigenvalue weighted by atomic mass is 10.1. The Morgan fingerprint density at radius 2 is 2.17 bits per heavy atom. The number of anilines is 1. The summed E-state index contributed by atoms with van der Waals surface area (Å²) < 4.78 is 1.82. The molecule has 23 heavy (non-hydrogen) atoms. The van der Waals surface area contributed by atoms with Crippen molar-refractivity contribution in [1.29, 1.82) is 0 Å². The van der Waals surface area contributed by atoms with Gasteiger partial charge >= 0.3 is 0 Å². The lowest BCUT2D eigenvalue weighted by Crippen LogP contribution is -2.29. The number of piperidine rings is 1. The van der Waals surface area contributed by atoms with Crippen LogP contribution in [0.25, 0.3) is 0 Å². The van der Waals surface area contributed by atoms with Crippen LogP contribution in [0.1, 0.15) is 41.9 Å². The minimum absolute atomic E-state index is 0. The number of benzene rings is 1. The molecular formula is C16H22ClN5O. The molecule has 2 N–H and O–H groups in total. The number of amides is 1. The first-order chi connectivity index (χ1) is 10.8. The highest BCUT2D eigenvalue weighted by Crippen LogP contribution is 2.17. The summed E-state index contributed by atoms with van der Waals surface area (Å²) in [6, 6.07) is 8.19. The summed E-state index contributed by atoms with van der Waals surface area (Å²) >= 11 is 0. The number of nitrogens with one attached hydrogen (secondary N) is 2. The fourth-order valence-corrected chi connectivity index (χ4v) is 2.69. The molecule has 1 fully saturated rings. The molecular weight excluding hydrogens is 314 g/mol. The predicted octanol–water partition coefficient (Wildman–Crippen LogP) is 2.44. The van der Waals surface area contributed by atoms with Crippen molar-refractivity contribution in [3.63, 3.8) is 0 Å². The smallest absolute Gasteiger partial charge is 0.277 e. The molecule has 1 aromatic carbocycles. The van der Waals surface area contributed by atoms with Gasteiger partial charge in [0.1, 0.15) is 0 Å². The first-order valence-corrected chi connectivity index (χ1v) is 7.79. The van der Waals surface area contributed by atoms with Crippen LogP contribution in [0.15, 0.2) is 30.5 Å². The zero-order valence-corrected chi connectivity index (χ0v) is 14.0. The lowest BCUT2D eigenvalue weighted by Gasteiger charge is -2.22. The van der Waals surface area contributed by atoms with Gasteiger partial charge in [-0.05, 0) is 50.0 Å². The van der Waals surface area contributed by atoms with Crippen LogP contribution in [-0.2, 0) is 6.42 Å². The average molecular weight is 336 g/mol. The van der Waals surface area contributed by atoms with E-state index in [0.29, 0.717) is 11.7 Å². The monoisotopic (exact) mass is 335 g/mol. The van der Waals surface area contributed by atoms with Crippen LogP contribution < -0.4 is 10.6 Å². The maximum Gasteiger partial charge on any atom is 0.277 e. The van der Waals surface area contributed by atoms with Gasteiger partial charge < -0.3 is 10.6 Å². The molecule has 2 heterocycles. The van der Waals surface area contributed by atoms with Crippen molar-refractivity contribution in [2.75, 3.05) is 18.4 Å². The van der Waals surface area contributed by atoms with Gasteiger partial charge in [0.25, 0.3) is 5.91 Å². The fraction of sp³-hybridized carbons (Fsp3) is 0.438. The number of carbonyl (C=O) groups excluding carboxylic acids is 1. The molecule has 124 valence electrons. The van der Waals surface area contributed by atoms with E-state index in [1.807, 2.05) is 28.9 Å². The van der Waals surface area contributed by atoms with Crippen LogP contribution in [0.4, 0.5) is 5.69 Å². The number of hydrogen-bond donors (Lipinski definition) is 2. The zero-order valence-electron chi connectivity index (χ0n) is 13.2. The van der Waals surface area contributed by atoms with Crippen LogP contribution in [-0.4, -0.2) is 34.0 Å². The number of carbonyl (C=O) groups is 1. The van der Waals surface area contributed by atoms with E-state index in [9.17, 15) is 4.79 Å². The first-order valence-electron chi connectivity index (χ1n) is 7.79. The Hall–Kier alpha value is -1.92. The molecule has 1 amide bonds. The van der Waals surface area contributed by atoms with Crippen molar-refractivity contribution in [3.8, 4) is 0 Å². The molecule has 0 radical (unpaired) electrons. The number of halogens is 1. The van der Waals surface area contributed by atoms with Gasteiger partial charge in [0, 0.05) is 5.69 Å². The third-order valence-corrected chi connectivity index (χ3v) is 4.02. The number of aromatic nitrogens is 3. The summed E-state index contributed by atoms with van der Waals surface area (Å²) in [4.78, 5) is 12.3. The summed E-state index contributed by atoms with van der Waals surface area (Å²) in [5.41, 5.74) is 2.34. The van der Waals surface area contributed by atoms with Crippen molar-refractivity contribution >= 4 is 24.0 Å². The van der Waals surface area contributed by atoms with E-state index in [2.05, 4.69) is 27.9 Å². The molecule has 1 aliphatic heterocycles. The minimum Gasteiger partial charge on any atom is -0.321 e. The Bertz CT molecular complexity index is 651. The topological polar surface area (TPSA) is 71.8 Å². The highest BCUT2D eigenvalue weighted by molar-refractivity contribution is 6.02. The van der Waals surface area contributed by atoms with Crippen LogP contribution in [0.5, 0.6) is 0 Å². The number of rotatable bonds is 4. The maximum absolute atomic E-state index is 12.3. The number of nitrogens with zero attached hydrogens (tertiary/aromatic N) is 3. The largest absolute Gasteiger partial charge is 0.321 e. The summed E-state index contributed by atoms with van der Waals surface area (Å²) in [6.45, 7) is 4.05. The summed E-state index contributed by atoms with van der Waals surface area (Å²) in [5, 5.41) is 14.3. The SMILES string of the molecule is CCc1cccc(NC(=O)c2cn(C3CCNCC3)nn2)c1.Cl. The van der Waals surface area contributed by atoms with Crippen molar-refractivity contribution < 1.29 is 4.79 Å². The number of hydrogen-bond acceptors (Lipinski definition) is 4. The minimum atomic E-state index is -0.214. The van der Waals surface area contributed by atoms with Gasteiger partial charge in [-0.25, -0.2) is 4.68 Å². The maximum atomic E-state index is 12.3. The van der Waals surface area contributed by atoms with Gasteiger partial charge in [0.2, 0.25) is 0 Å². The Morgan fingerprint density at radius 3 is 2.91 bits per heavy atom. The Labute approximate surface area is 142 Å². The molecule has 7 heteroatoms. The molecule has 6 nitrogen and oxygen atoms in total. The second kappa shape index (κ2) is 8.08. The molecule has 0 unspecified atom stereocenters. The van der Waals surface area contributed by atoms with E-state index in [1.54, 1.807) is 6.20 Å². The predicted molar refractivity (Wildman–Crippen MR) is 92.2 cm³/mol. The van der Waals surface area contributed by atoms with E-state index >= 15 is 0 Å². The molecule has 1 aliphatic rings. The average Bonchev–Trinajstić information content (AvgIpc) is 3.06. The van der Waals surface area contributed by atoms with Gasteiger partial charge in [-0.3, -0.25) is 4.79 Å². The summed E-state index contributed by atoms with van der Waals surface area (Å²) in [6.07, 6.45) is 4.72. The van der Waals surface area contributed by atoms with Gasteiger partial charge in [-0.15, -0.1) is 17.5 Å². The Morgan fingerprint density at radius 1 is 1.39 bits per heavy atom. The molecule has 2 aromatic rings. The number of aryl methyl sites for hydroxylation is 1. The normalized spacial score (nSPS) is 15.0. The Kier molecular flexibility index (Phi) is 6.12. The van der Waals surface area contributed by atoms with E-state index in [-0.39, 0.29) is 18.3 Å². The van der Waals surface area contributed by atoms with Gasteiger partial charge in [0.15, 0.2) is 5.69 Å². The van der Waals surface area contributed by atoms with E-state index in [0.717, 1.165) is 38.0 Å². The Balaban J connectivity index is 0.00000192. The van der Waals surface area contributed by atoms with Crippen LogP contribution >= 0.6 is 12.4 Å². The van der Waals surface area contributed by atoms with E-state index in [4.69, 9.17) is 0 Å². The second-order valence-corrected chi connectivity index (χ2v) is 5.57. The van der Waals surface area contributed by atoms with Crippen molar-refractivity contribution in [3.05, 3.63) is 41.7 Å². The van der Waals surface area contributed by atoms with Gasteiger partial charge in [-0.2, -0.15) is 0 Å². The third-order valence-electron chi connectivity index (χ3n) is 4.02. The summed E-state index contributed by atoms with van der Waals surface area (Å²) in [5.74, 6) is -0.214. The first kappa shape index (κ1) is 17.4. The molecule has 3 rings (SSSR count). The van der Waals surface area contributed by atoms with Crippen LogP contribution in [0.2, 0.25) is 0 Å². The van der Waals surface area contributed by atoms with Crippen molar-refractivity contribution in [2.24, 2.45) is 0 Å². The van der Waals surface area contributed by atoms with Gasteiger partial charge in [-0.1, -0.05) is 24.3 Å². The highest BCUT2D eigenvalue weighted by Gasteiger charge is 2.18. The van der Waals surface area contributed by atoms with Crippen LogP contribution in [0, 0.1) is 0 Å².